The van der Waals surface area contributed by atoms with Gasteiger partial charge in [-0.3, -0.25) is 0 Å². The Labute approximate surface area is 294 Å². The van der Waals surface area contributed by atoms with Crippen LogP contribution in [-0.2, 0) is 10.8 Å². The van der Waals surface area contributed by atoms with Crippen molar-refractivity contribution in [2.75, 3.05) is 4.90 Å². The molecule has 2 aliphatic carbocycles. The predicted octanol–water partition coefficient (Wildman–Crippen LogP) is 13.5. The molecule has 0 saturated carbocycles. The fourth-order valence-electron chi connectivity index (χ4n) is 9.17. The van der Waals surface area contributed by atoms with E-state index in [-0.39, 0.29) is 10.8 Å². The van der Waals surface area contributed by atoms with Gasteiger partial charge >= 0.3 is 0 Å². The third kappa shape index (κ3) is 4.01. The number of benzene rings is 8. The van der Waals surface area contributed by atoms with Gasteiger partial charge in [-0.25, -0.2) is 0 Å². The Hall–Kier alpha value is -5.66. The molecule has 10 rings (SSSR count). The van der Waals surface area contributed by atoms with Crippen molar-refractivity contribution in [3.05, 3.63) is 173 Å². The Kier molecular flexibility index (Phi) is 5.96. The fraction of sp³-hybridized carbons (Fsp3) is 0.143. The topological polar surface area (TPSA) is 3.24 Å². The molecule has 2 aliphatic rings. The fourth-order valence-corrected chi connectivity index (χ4v) is 9.17. The van der Waals surface area contributed by atoms with Crippen LogP contribution in [0.1, 0.15) is 55.5 Å². The second kappa shape index (κ2) is 10.2. The summed E-state index contributed by atoms with van der Waals surface area (Å²) in [6, 6.07) is 54.8. The van der Waals surface area contributed by atoms with E-state index < -0.39 is 0 Å². The number of fused-ring (bicyclic) bond motifs is 10. The van der Waals surface area contributed by atoms with Crippen LogP contribution < -0.4 is 4.90 Å². The van der Waals surface area contributed by atoms with Crippen LogP contribution in [-0.4, -0.2) is 0 Å². The molecule has 0 fully saturated rings. The highest BCUT2D eigenvalue weighted by Crippen LogP contribution is 2.54. The van der Waals surface area contributed by atoms with Gasteiger partial charge < -0.3 is 4.90 Å². The maximum absolute atomic E-state index is 2.46. The zero-order valence-corrected chi connectivity index (χ0v) is 29.3. The maximum Gasteiger partial charge on any atom is 0.0490 e. The highest BCUT2D eigenvalue weighted by molar-refractivity contribution is 6.03. The number of para-hydroxylation sites is 1. The molecule has 0 amide bonds. The van der Waals surface area contributed by atoms with Crippen LogP contribution >= 0.6 is 0 Å². The minimum absolute atomic E-state index is 0.0840. The summed E-state index contributed by atoms with van der Waals surface area (Å²) in [7, 11) is 0. The third-order valence-corrected chi connectivity index (χ3v) is 11.9. The summed E-state index contributed by atoms with van der Waals surface area (Å²) < 4.78 is 0. The number of hydrogen-bond acceptors (Lipinski definition) is 1. The monoisotopic (exact) mass is 641 g/mol. The van der Waals surface area contributed by atoms with Gasteiger partial charge in [-0.15, -0.1) is 0 Å². The molecule has 0 saturated heterocycles. The molecular formula is C49H39N. The minimum Gasteiger partial charge on any atom is -0.310 e. The van der Waals surface area contributed by atoms with E-state index in [1.807, 2.05) is 0 Å². The van der Waals surface area contributed by atoms with Gasteiger partial charge in [0.1, 0.15) is 0 Å². The molecule has 1 nitrogen and oxygen atoms in total. The molecule has 1 heteroatoms. The van der Waals surface area contributed by atoms with Gasteiger partial charge in [0.15, 0.2) is 0 Å². The van der Waals surface area contributed by atoms with Gasteiger partial charge in [0.2, 0.25) is 0 Å². The van der Waals surface area contributed by atoms with Crippen molar-refractivity contribution in [3.8, 4) is 22.3 Å². The molecule has 0 bridgehead atoms. The van der Waals surface area contributed by atoms with Crippen LogP contribution in [0, 0.1) is 6.92 Å². The van der Waals surface area contributed by atoms with Crippen LogP contribution in [0.25, 0.3) is 54.6 Å². The van der Waals surface area contributed by atoms with Crippen molar-refractivity contribution < 1.29 is 0 Å². The molecule has 8 aromatic rings. The van der Waals surface area contributed by atoms with Crippen molar-refractivity contribution in [1.29, 1.82) is 0 Å². The van der Waals surface area contributed by atoms with E-state index in [1.54, 1.807) is 0 Å². The molecule has 8 aromatic carbocycles. The van der Waals surface area contributed by atoms with E-state index in [0.29, 0.717) is 0 Å². The molecule has 0 aliphatic heterocycles. The SMILES string of the molecule is Cc1ccccc1N(c1ccc2c(c1)C(C)(C)c1ccc3ccccc3c1-2)c1ccc2cc3c(cc2c1)C(C)(C)c1cc2ccccc2cc1-3. The summed E-state index contributed by atoms with van der Waals surface area (Å²) in [5, 5.41) is 7.77. The van der Waals surface area contributed by atoms with E-state index in [4.69, 9.17) is 0 Å². The molecule has 0 radical (unpaired) electrons. The van der Waals surface area contributed by atoms with Crippen molar-refractivity contribution in [2.45, 2.75) is 45.4 Å². The molecule has 0 aromatic heterocycles. The summed E-state index contributed by atoms with van der Waals surface area (Å²) in [6.45, 7) is 11.8. The molecular weight excluding hydrogens is 603 g/mol. The van der Waals surface area contributed by atoms with Gasteiger partial charge in [-0.05, 0) is 144 Å². The number of nitrogens with zero attached hydrogens (tertiary/aromatic N) is 1. The molecule has 0 spiro atoms. The predicted molar refractivity (Wildman–Crippen MR) is 214 cm³/mol. The number of anilines is 3. The Morgan fingerprint density at radius 2 is 0.940 bits per heavy atom. The molecule has 0 atom stereocenters. The standard InChI is InChI=1S/C49H39N/c1-30-12-6-11-17-46(30)50(37-21-22-39-45(29-37)48(2,3)42-23-19-31-13-9-10-16-38(31)47(39)42)36-20-18-34-26-41-40-25-32-14-7-8-15-33(32)27-43(40)49(4,5)44(41)28-35(34)24-36/h6-29H,1-5H3. The van der Waals surface area contributed by atoms with Crippen LogP contribution in [0.4, 0.5) is 17.1 Å². The lowest BCUT2D eigenvalue weighted by Gasteiger charge is -2.29. The number of hydrogen-bond donors (Lipinski definition) is 0. The maximum atomic E-state index is 2.46. The summed E-state index contributed by atoms with van der Waals surface area (Å²) in [5.74, 6) is 0. The highest BCUT2D eigenvalue weighted by atomic mass is 15.1. The first-order valence-electron chi connectivity index (χ1n) is 17.8. The van der Waals surface area contributed by atoms with Crippen molar-refractivity contribution >= 4 is 49.4 Å². The van der Waals surface area contributed by atoms with Gasteiger partial charge in [0.25, 0.3) is 0 Å². The summed E-state index contributed by atoms with van der Waals surface area (Å²) >= 11 is 0. The van der Waals surface area contributed by atoms with Crippen molar-refractivity contribution in [3.63, 3.8) is 0 Å². The second-order valence-electron chi connectivity index (χ2n) is 15.5. The summed E-state index contributed by atoms with van der Waals surface area (Å²) in [5.41, 5.74) is 15.7. The largest absolute Gasteiger partial charge is 0.310 e. The first-order chi connectivity index (χ1) is 24.2. The van der Waals surface area contributed by atoms with Crippen LogP contribution in [0.15, 0.2) is 146 Å². The average Bonchev–Trinajstić information content (AvgIpc) is 3.49. The van der Waals surface area contributed by atoms with Gasteiger partial charge in [-0.2, -0.15) is 0 Å². The third-order valence-electron chi connectivity index (χ3n) is 11.9. The molecule has 0 N–H and O–H groups in total. The van der Waals surface area contributed by atoms with E-state index in [1.165, 1.54) is 99.5 Å². The van der Waals surface area contributed by atoms with Crippen molar-refractivity contribution in [2.24, 2.45) is 0 Å². The smallest absolute Gasteiger partial charge is 0.0490 e. The van der Waals surface area contributed by atoms with Crippen molar-refractivity contribution in [1.82, 2.24) is 0 Å². The minimum atomic E-state index is -0.114. The first-order valence-corrected chi connectivity index (χ1v) is 17.8. The zero-order valence-electron chi connectivity index (χ0n) is 29.3. The van der Waals surface area contributed by atoms with E-state index in [9.17, 15) is 0 Å². The lowest BCUT2D eigenvalue weighted by Crippen LogP contribution is -2.17. The van der Waals surface area contributed by atoms with Crippen LogP contribution in [0.5, 0.6) is 0 Å². The number of rotatable bonds is 3. The first kappa shape index (κ1) is 29.3. The Morgan fingerprint density at radius 3 is 1.70 bits per heavy atom. The highest BCUT2D eigenvalue weighted by Gasteiger charge is 2.38. The van der Waals surface area contributed by atoms with Gasteiger partial charge in [0.05, 0.1) is 0 Å². The normalized spacial score (nSPS) is 14.8. The lowest BCUT2D eigenvalue weighted by molar-refractivity contribution is 0.661. The van der Waals surface area contributed by atoms with E-state index in [0.717, 1.165) is 0 Å². The summed E-state index contributed by atoms with van der Waals surface area (Å²) in [6.07, 6.45) is 0. The van der Waals surface area contributed by atoms with Gasteiger partial charge in [0, 0.05) is 27.9 Å². The molecule has 50 heavy (non-hydrogen) atoms. The number of aryl methyl sites for hydroxylation is 1. The Morgan fingerprint density at radius 1 is 0.400 bits per heavy atom. The Bertz CT molecular complexity index is 2730. The quantitative estimate of drug-likeness (QED) is 0.186. The van der Waals surface area contributed by atoms with Crippen LogP contribution in [0.3, 0.4) is 0 Å². The molecule has 0 unspecified atom stereocenters. The van der Waals surface area contributed by atoms with E-state index >= 15 is 0 Å². The molecule has 0 heterocycles. The Balaban J connectivity index is 1.15. The second-order valence-corrected chi connectivity index (χ2v) is 15.5. The summed E-state index contributed by atoms with van der Waals surface area (Å²) in [4.78, 5) is 2.46. The van der Waals surface area contributed by atoms with Crippen LogP contribution in [0.2, 0.25) is 0 Å². The zero-order chi connectivity index (χ0) is 33.9. The lowest BCUT2D eigenvalue weighted by atomic mass is 9.81. The van der Waals surface area contributed by atoms with Gasteiger partial charge in [-0.1, -0.05) is 119 Å². The van der Waals surface area contributed by atoms with E-state index in [2.05, 4.69) is 185 Å². The average molecular weight is 642 g/mol. The molecule has 240 valence electrons.